The second-order valence-electron chi connectivity index (χ2n) is 3.90. The minimum Gasteiger partial charge on any atom is -0.490 e. The molecule has 0 aliphatic rings. The van der Waals surface area contributed by atoms with E-state index in [1.807, 2.05) is 0 Å². The second kappa shape index (κ2) is 6.24. The van der Waals surface area contributed by atoms with Crippen LogP contribution in [0, 0.1) is 0 Å². The Kier molecular flexibility index (Phi) is 4.96. The molecule has 0 fully saturated rings. The van der Waals surface area contributed by atoms with E-state index in [1.54, 1.807) is 14.2 Å². The summed E-state index contributed by atoms with van der Waals surface area (Å²) in [6.45, 7) is 5.49. The molecule has 0 unspecified atom stereocenters. The molecule has 0 radical (unpaired) electrons. The number of nitrogen functional groups attached to an aromatic ring is 1. The number of anilines is 2. The molecule has 0 bridgehead atoms. The first kappa shape index (κ1) is 13.5. The molecule has 1 aromatic rings. The van der Waals surface area contributed by atoms with Crippen molar-refractivity contribution >= 4 is 11.6 Å². The lowest BCUT2D eigenvalue weighted by Gasteiger charge is -2.28. The maximum absolute atomic E-state index is 5.76. The summed E-state index contributed by atoms with van der Waals surface area (Å²) in [4.78, 5) is 10.2. The molecule has 1 rings (SSSR count). The third-order valence-electron chi connectivity index (χ3n) is 2.45. The fourth-order valence-electron chi connectivity index (χ4n) is 1.58. The Morgan fingerprint density at radius 1 is 1.35 bits per heavy atom. The summed E-state index contributed by atoms with van der Waals surface area (Å²) in [7, 11) is 3.23. The van der Waals surface area contributed by atoms with Gasteiger partial charge in [0.2, 0.25) is 5.75 Å². The Hall–Kier alpha value is -1.56. The van der Waals surface area contributed by atoms with Crippen LogP contribution in [0.25, 0.3) is 0 Å². The lowest BCUT2D eigenvalue weighted by Crippen LogP contribution is -2.35. The highest BCUT2D eigenvalue weighted by Crippen LogP contribution is 2.30. The molecule has 0 aromatic carbocycles. The number of hydrogen-bond donors (Lipinski definition) is 1. The standard InChI is InChI=1S/C11H20N4O2/c1-8(2)15(5-6-16-3)11-9(17-4)10(12)13-7-14-11/h7-8H,5-6H2,1-4H3,(H2,12,13,14). The van der Waals surface area contributed by atoms with Crippen molar-refractivity contribution in [2.75, 3.05) is 38.0 Å². The summed E-state index contributed by atoms with van der Waals surface area (Å²) < 4.78 is 10.3. The summed E-state index contributed by atoms with van der Waals surface area (Å²) in [6.07, 6.45) is 1.44. The number of nitrogens with zero attached hydrogens (tertiary/aromatic N) is 3. The van der Waals surface area contributed by atoms with Crippen molar-refractivity contribution in [3.05, 3.63) is 6.33 Å². The highest BCUT2D eigenvalue weighted by Gasteiger charge is 2.18. The molecule has 6 heteroatoms. The Balaban J connectivity index is 3.04. The van der Waals surface area contributed by atoms with Crippen LogP contribution in [0.1, 0.15) is 13.8 Å². The average molecular weight is 240 g/mol. The van der Waals surface area contributed by atoms with Crippen molar-refractivity contribution in [3.63, 3.8) is 0 Å². The fraction of sp³-hybridized carbons (Fsp3) is 0.636. The van der Waals surface area contributed by atoms with Gasteiger partial charge in [-0.05, 0) is 13.8 Å². The first-order chi connectivity index (χ1) is 8.11. The minimum atomic E-state index is 0.272. The van der Waals surface area contributed by atoms with Crippen molar-refractivity contribution in [1.82, 2.24) is 9.97 Å². The Bertz CT molecular complexity index is 357. The quantitative estimate of drug-likeness (QED) is 0.797. The summed E-state index contributed by atoms with van der Waals surface area (Å²) in [5.74, 6) is 1.56. The first-order valence-electron chi connectivity index (χ1n) is 5.51. The van der Waals surface area contributed by atoms with Crippen LogP contribution in [0.15, 0.2) is 6.33 Å². The minimum absolute atomic E-state index is 0.272. The number of rotatable bonds is 6. The van der Waals surface area contributed by atoms with Gasteiger partial charge in [0.15, 0.2) is 11.6 Å². The van der Waals surface area contributed by atoms with Gasteiger partial charge in [-0.15, -0.1) is 0 Å². The van der Waals surface area contributed by atoms with E-state index in [0.717, 1.165) is 6.54 Å². The van der Waals surface area contributed by atoms with Gasteiger partial charge in [0.25, 0.3) is 0 Å². The number of hydrogen-bond acceptors (Lipinski definition) is 6. The SMILES string of the molecule is COCCN(c1ncnc(N)c1OC)C(C)C. The van der Waals surface area contributed by atoms with Crippen LogP contribution in [-0.4, -0.2) is 43.4 Å². The smallest absolute Gasteiger partial charge is 0.204 e. The molecule has 0 aliphatic heterocycles. The zero-order valence-corrected chi connectivity index (χ0v) is 10.8. The summed E-state index contributed by atoms with van der Waals surface area (Å²) >= 11 is 0. The van der Waals surface area contributed by atoms with Gasteiger partial charge in [0.05, 0.1) is 13.7 Å². The topological polar surface area (TPSA) is 73.5 Å². The van der Waals surface area contributed by atoms with Gasteiger partial charge in [-0.1, -0.05) is 0 Å². The van der Waals surface area contributed by atoms with Gasteiger partial charge in [-0.25, -0.2) is 9.97 Å². The fourth-order valence-corrected chi connectivity index (χ4v) is 1.58. The average Bonchev–Trinajstić information content (AvgIpc) is 2.29. The normalized spacial score (nSPS) is 10.6. The number of nitrogens with two attached hydrogens (primary N) is 1. The van der Waals surface area contributed by atoms with E-state index < -0.39 is 0 Å². The summed E-state index contributed by atoms with van der Waals surface area (Å²) in [6, 6.07) is 0.272. The Labute approximate surface area is 102 Å². The van der Waals surface area contributed by atoms with Gasteiger partial charge < -0.3 is 20.1 Å². The number of methoxy groups -OCH3 is 2. The highest BCUT2D eigenvalue weighted by molar-refractivity contribution is 5.63. The van der Waals surface area contributed by atoms with Gasteiger partial charge in [-0.3, -0.25) is 0 Å². The molecule has 1 aromatic heterocycles. The largest absolute Gasteiger partial charge is 0.490 e. The molecular weight excluding hydrogens is 220 g/mol. The zero-order valence-electron chi connectivity index (χ0n) is 10.8. The van der Waals surface area contributed by atoms with E-state index >= 15 is 0 Å². The van der Waals surface area contributed by atoms with Gasteiger partial charge in [0.1, 0.15) is 6.33 Å². The molecule has 0 saturated carbocycles. The molecule has 0 amide bonds. The molecule has 2 N–H and O–H groups in total. The predicted molar refractivity (Wildman–Crippen MR) is 67.4 cm³/mol. The van der Waals surface area contributed by atoms with E-state index in [-0.39, 0.29) is 6.04 Å². The third kappa shape index (κ3) is 3.20. The van der Waals surface area contributed by atoms with Crippen molar-refractivity contribution in [2.24, 2.45) is 0 Å². The molecule has 0 spiro atoms. The van der Waals surface area contributed by atoms with E-state index in [1.165, 1.54) is 6.33 Å². The Morgan fingerprint density at radius 2 is 2.06 bits per heavy atom. The van der Waals surface area contributed by atoms with Gasteiger partial charge >= 0.3 is 0 Å². The van der Waals surface area contributed by atoms with E-state index in [2.05, 4.69) is 28.7 Å². The van der Waals surface area contributed by atoms with E-state index in [4.69, 9.17) is 15.2 Å². The van der Waals surface area contributed by atoms with Crippen LogP contribution < -0.4 is 15.4 Å². The molecule has 0 atom stereocenters. The maximum Gasteiger partial charge on any atom is 0.204 e. The van der Waals surface area contributed by atoms with Crippen LogP contribution in [0.5, 0.6) is 5.75 Å². The van der Waals surface area contributed by atoms with Crippen LogP contribution in [0.4, 0.5) is 11.6 Å². The second-order valence-corrected chi connectivity index (χ2v) is 3.90. The van der Waals surface area contributed by atoms with Crippen molar-refractivity contribution in [3.8, 4) is 5.75 Å². The molecule has 1 heterocycles. The van der Waals surface area contributed by atoms with E-state index in [0.29, 0.717) is 24.0 Å². The molecule has 17 heavy (non-hydrogen) atoms. The first-order valence-corrected chi connectivity index (χ1v) is 5.51. The zero-order chi connectivity index (χ0) is 12.8. The molecule has 0 saturated heterocycles. The Morgan fingerprint density at radius 3 is 2.59 bits per heavy atom. The van der Waals surface area contributed by atoms with Crippen molar-refractivity contribution < 1.29 is 9.47 Å². The van der Waals surface area contributed by atoms with Crippen LogP contribution in [-0.2, 0) is 4.74 Å². The lowest BCUT2D eigenvalue weighted by atomic mass is 10.3. The van der Waals surface area contributed by atoms with Gasteiger partial charge in [-0.2, -0.15) is 0 Å². The summed E-state index contributed by atoms with van der Waals surface area (Å²) in [5, 5.41) is 0. The highest BCUT2D eigenvalue weighted by atomic mass is 16.5. The number of aromatic nitrogens is 2. The van der Waals surface area contributed by atoms with Crippen LogP contribution in [0.2, 0.25) is 0 Å². The molecular formula is C11H20N4O2. The molecule has 96 valence electrons. The van der Waals surface area contributed by atoms with Gasteiger partial charge in [0, 0.05) is 19.7 Å². The van der Waals surface area contributed by atoms with Crippen molar-refractivity contribution in [2.45, 2.75) is 19.9 Å². The van der Waals surface area contributed by atoms with Crippen LogP contribution >= 0.6 is 0 Å². The monoisotopic (exact) mass is 240 g/mol. The molecule has 6 nitrogen and oxygen atoms in total. The molecule has 0 aliphatic carbocycles. The third-order valence-corrected chi connectivity index (χ3v) is 2.45. The van der Waals surface area contributed by atoms with Crippen LogP contribution in [0.3, 0.4) is 0 Å². The van der Waals surface area contributed by atoms with Crippen molar-refractivity contribution in [1.29, 1.82) is 0 Å². The lowest BCUT2D eigenvalue weighted by molar-refractivity contribution is 0.203. The number of ether oxygens (including phenoxy) is 2. The maximum atomic E-state index is 5.76. The predicted octanol–water partition coefficient (Wildman–Crippen LogP) is 0.929. The summed E-state index contributed by atoms with van der Waals surface area (Å²) in [5.41, 5.74) is 5.76. The van der Waals surface area contributed by atoms with E-state index in [9.17, 15) is 0 Å².